The molecule has 176 valence electrons. The summed E-state index contributed by atoms with van der Waals surface area (Å²) in [6, 6.07) is 8.27. The first-order valence-electron chi connectivity index (χ1n) is 12.2. The van der Waals surface area contributed by atoms with Gasteiger partial charge in [-0.05, 0) is 43.7 Å². The summed E-state index contributed by atoms with van der Waals surface area (Å²) in [7, 11) is 0. The second kappa shape index (κ2) is 10.3. The number of piperidine rings is 1. The van der Waals surface area contributed by atoms with E-state index in [2.05, 4.69) is 23.5 Å². The fourth-order valence-corrected chi connectivity index (χ4v) is 5.63. The molecule has 2 saturated heterocycles. The summed E-state index contributed by atoms with van der Waals surface area (Å²) >= 11 is 0. The average molecular weight is 444 g/mol. The van der Waals surface area contributed by atoms with Crippen LogP contribution >= 0.6 is 0 Å². The van der Waals surface area contributed by atoms with Gasteiger partial charge in [0.1, 0.15) is 0 Å². The van der Waals surface area contributed by atoms with Crippen molar-refractivity contribution in [2.45, 2.75) is 69.9 Å². The van der Waals surface area contributed by atoms with Crippen molar-refractivity contribution in [3.05, 3.63) is 35.4 Å². The van der Waals surface area contributed by atoms with Crippen molar-refractivity contribution in [1.29, 1.82) is 0 Å². The lowest BCUT2D eigenvalue weighted by molar-refractivity contribution is -0.182. The van der Waals surface area contributed by atoms with Crippen molar-refractivity contribution in [2.75, 3.05) is 39.4 Å². The molecule has 2 amide bonds. The van der Waals surface area contributed by atoms with Gasteiger partial charge < -0.3 is 15.0 Å². The highest BCUT2D eigenvalue weighted by molar-refractivity contribution is 5.77. The van der Waals surface area contributed by atoms with Gasteiger partial charge >= 0.3 is 0 Å². The molecule has 7 heteroatoms. The van der Waals surface area contributed by atoms with E-state index in [4.69, 9.17) is 9.57 Å². The maximum absolute atomic E-state index is 12.9. The lowest BCUT2D eigenvalue weighted by Crippen LogP contribution is -2.52. The van der Waals surface area contributed by atoms with Crippen LogP contribution in [0, 0.1) is 0 Å². The molecule has 0 bridgehead atoms. The third-order valence-corrected chi connectivity index (χ3v) is 7.32. The topological polar surface area (TPSA) is 71.1 Å². The number of benzene rings is 1. The van der Waals surface area contributed by atoms with Crippen LogP contribution in [0.4, 0.5) is 0 Å². The zero-order valence-corrected chi connectivity index (χ0v) is 19.5. The Balaban J connectivity index is 1.46. The molecule has 0 aromatic heterocycles. The molecule has 2 heterocycles. The van der Waals surface area contributed by atoms with Crippen LogP contribution in [0.1, 0.15) is 69.5 Å². The Morgan fingerprint density at radius 1 is 1.16 bits per heavy atom. The number of fused-ring (bicyclic) bond motifs is 2. The maximum atomic E-state index is 12.9. The first-order valence-corrected chi connectivity index (χ1v) is 12.2. The standard InChI is InChI=1S/C25H37N3O4/c1-3-21(29)26-23-19-9-5-6-10-20(19)25(24(23)31-4-2)12-16-27(17-13-25)22(30)11-15-28-14-7-8-18-32-28/h5-6,9-10,23-24H,3-4,7-8,11-18H2,1-2H3,(H,26,29)/t23-,24+/m1/s1. The highest BCUT2D eigenvalue weighted by atomic mass is 16.7. The molecule has 1 spiro atoms. The fourth-order valence-electron chi connectivity index (χ4n) is 5.63. The molecule has 2 aliphatic heterocycles. The quantitative estimate of drug-likeness (QED) is 0.702. The molecule has 2 fully saturated rings. The first-order chi connectivity index (χ1) is 15.6. The van der Waals surface area contributed by atoms with Gasteiger partial charge in [-0.3, -0.25) is 14.4 Å². The van der Waals surface area contributed by atoms with Crippen molar-refractivity contribution in [2.24, 2.45) is 0 Å². The number of hydrogen-bond acceptors (Lipinski definition) is 5. The molecular weight excluding hydrogens is 406 g/mol. The summed E-state index contributed by atoms with van der Waals surface area (Å²) < 4.78 is 6.32. The fraction of sp³-hybridized carbons (Fsp3) is 0.680. The van der Waals surface area contributed by atoms with Gasteiger partial charge in [0.15, 0.2) is 0 Å². The highest BCUT2D eigenvalue weighted by Crippen LogP contribution is 2.52. The Labute approximate surface area is 191 Å². The number of likely N-dealkylation sites (tertiary alicyclic amines) is 1. The second-order valence-electron chi connectivity index (χ2n) is 9.12. The summed E-state index contributed by atoms with van der Waals surface area (Å²) in [6.07, 6.45) is 4.76. The van der Waals surface area contributed by atoms with Crippen molar-refractivity contribution < 1.29 is 19.2 Å². The molecule has 32 heavy (non-hydrogen) atoms. The average Bonchev–Trinajstić information content (AvgIpc) is 3.07. The third kappa shape index (κ3) is 4.56. The summed E-state index contributed by atoms with van der Waals surface area (Å²) in [6.45, 7) is 8.24. The van der Waals surface area contributed by atoms with Crippen LogP contribution < -0.4 is 5.32 Å². The lowest BCUT2D eigenvalue weighted by Gasteiger charge is -2.44. The normalized spacial score (nSPS) is 25.0. The Hall–Kier alpha value is -1.96. The van der Waals surface area contributed by atoms with Crippen LogP contribution in [0.2, 0.25) is 0 Å². The van der Waals surface area contributed by atoms with Crippen LogP contribution in [-0.4, -0.2) is 67.3 Å². The highest BCUT2D eigenvalue weighted by Gasteiger charge is 2.54. The molecule has 1 aromatic rings. The number of rotatable bonds is 7. The second-order valence-corrected chi connectivity index (χ2v) is 9.12. The largest absolute Gasteiger partial charge is 0.375 e. The van der Waals surface area contributed by atoms with E-state index in [0.717, 1.165) is 44.4 Å². The Bertz CT molecular complexity index is 800. The van der Waals surface area contributed by atoms with Crippen LogP contribution in [0.15, 0.2) is 24.3 Å². The molecule has 1 N–H and O–H groups in total. The molecular formula is C25H37N3O4. The zero-order valence-electron chi connectivity index (χ0n) is 19.5. The Morgan fingerprint density at radius 3 is 2.62 bits per heavy atom. The minimum absolute atomic E-state index is 0.0408. The number of nitrogens with one attached hydrogen (secondary N) is 1. The lowest BCUT2D eigenvalue weighted by atomic mass is 9.71. The molecule has 1 aliphatic carbocycles. The maximum Gasteiger partial charge on any atom is 0.223 e. The van der Waals surface area contributed by atoms with Gasteiger partial charge in [0, 0.05) is 51.0 Å². The van der Waals surface area contributed by atoms with E-state index in [1.165, 1.54) is 5.56 Å². The van der Waals surface area contributed by atoms with Crippen molar-refractivity contribution in [3.8, 4) is 0 Å². The third-order valence-electron chi connectivity index (χ3n) is 7.32. The van der Waals surface area contributed by atoms with Crippen molar-refractivity contribution in [3.63, 3.8) is 0 Å². The predicted molar refractivity (Wildman–Crippen MR) is 122 cm³/mol. The number of carbonyl (C=O) groups is 2. The van der Waals surface area contributed by atoms with E-state index in [1.54, 1.807) is 0 Å². The minimum atomic E-state index is -0.176. The molecule has 0 unspecified atom stereocenters. The first kappa shape index (κ1) is 23.2. The molecule has 3 aliphatic rings. The number of carbonyl (C=O) groups excluding carboxylic acids is 2. The van der Waals surface area contributed by atoms with Gasteiger partial charge in [0.25, 0.3) is 0 Å². The number of nitrogens with zero attached hydrogens (tertiary/aromatic N) is 2. The van der Waals surface area contributed by atoms with Crippen molar-refractivity contribution >= 4 is 11.8 Å². The van der Waals surface area contributed by atoms with Gasteiger partial charge in [-0.25, -0.2) is 0 Å². The summed E-state index contributed by atoms with van der Waals surface area (Å²) in [5.41, 5.74) is 2.26. The monoisotopic (exact) mass is 443 g/mol. The zero-order chi connectivity index (χ0) is 22.6. The van der Waals surface area contributed by atoms with Gasteiger partial charge in [-0.2, -0.15) is 5.06 Å². The van der Waals surface area contributed by atoms with Gasteiger partial charge in [-0.1, -0.05) is 31.2 Å². The van der Waals surface area contributed by atoms with Crippen molar-refractivity contribution in [1.82, 2.24) is 15.3 Å². The number of amides is 2. The molecule has 0 radical (unpaired) electrons. The van der Waals surface area contributed by atoms with Gasteiger partial charge in [0.05, 0.1) is 18.8 Å². The van der Waals surface area contributed by atoms with Gasteiger partial charge in [0.2, 0.25) is 11.8 Å². The van der Waals surface area contributed by atoms with E-state index in [-0.39, 0.29) is 29.4 Å². The minimum Gasteiger partial charge on any atom is -0.375 e. The molecule has 0 saturated carbocycles. The predicted octanol–water partition coefficient (Wildman–Crippen LogP) is 2.95. The van der Waals surface area contributed by atoms with Crippen LogP contribution in [-0.2, 0) is 24.6 Å². The summed E-state index contributed by atoms with van der Waals surface area (Å²) in [4.78, 5) is 32.8. The Morgan fingerprint density at radius 2 is 1.94 bits per heavy atom. The van der Waals surface area contributed by atoms with Gasteiger partial charge in [-0.15, -0.1) is 0 Å². The van der Waals surface area contributed by atoms with E-state index >= 15 is 0 Å². The smallest absolute Gasteiger partial charge is 0.223 e. The summed E-state index contributed by atoms with van der Waals surface area (Å²) in [5, 5.41) is 5.15. The number of ether oxygens (including phenoxy) is 1. The number of hydrogen-bond donors (Lipinski definition) is 1. The van der Waals surface area contributed by atoms with E-state index in [1.807, 2.05) is 29.9 Å². The molecule has 2 atom stereocenters. The molecule has 7 nitrogen and oxygen atoms in total. The van der Waals surface area contributed by atoms with Crippen LogP contribution in [0.5, 0.6) is 0 Å². The van der Waals surface area contributed by atoms with E-state index in [0.29, 0.717) is 39.1 Å². The van der Waals surface area contributed by atoms with Crippen LogP contribution in [0.3, 0.4) is 0 Å². The molecule has 1 aromatic carbocycles. The SMILES string of the molecule is CCO[C@H]1[C@H](NC(=O)CC)c2ccccc2C12CCN(C(=O)CCN1CCCCO1)CC2. The Kier molecular flexibility index (Phi) is 7.48. The number of hydroxylamine groups is 2. The van der Waals surface area contributed by atoms with E-state index < -0.39 is 0 Å². The van der Waals surface area contributed by atoms with Crippen LogP contribution in [0.25, 0.3) is 0 Å². The molecule has 4 rings (SSSR count). The summed E-state index contributed by atoms with van der Waals surface area (Å²) in [5.74, 6) is 0.239. The van der Waals surface area contributed by atoms with E-state index in [9.17, 15) is 9.59 Å².